The topological polar surface area (TPSA) is 26.3 Å². The summed E-state index contributed by atoms with van der Waals surface area (Å²) in [7, 11) is 0. The van der Waals surface area contributed by atoms with Crippen LogP contribution in [0.15, 0.2) is 49.1 Å². The van der Waals surface area contributed by atoms with E-state index < -0.39 is 5.97 Å². The highest BCUT2D eigenvalue weighted by atomic mass is 16.5. The van der Waals surface area contributed by atoms with E-state index in [0.717, 1.165) is 23.1 Å². The highest BCUT2D eigenvalue weighted by molar-refractivity contribution is 5.86. The number of hydrogen-bond donors (Lipinski definition) is 0. The van der Waals surface area contributed by atoms with Crippen molar-refractivity contribution in [3.63, 3.8) is 0 Å². The number of carbonyl (C=O) groups excluding carboxylic acids is 1. The average molecular weight is 250 g/mol. The lowest BCUT2D eigenvalue weighted by Gasteiger charge is -2.11. The van der Waals surface area contributed by atoms with E-state index in [-0.39, 0.29) is 0 Å². The smallest absolute Gasteiger partial charge is 0.335 e. The predicted molar refractivity (Wildman–Crippen MR) is 75.3 cm³/mol. The lowest BCUT2D eigenvalue weighted by Crippen LogP contribution is -2.06. The molecule has 2 aromatic rings. The van der Waals surface area contributed by atoms with Crippen LogP contribution in [0.5, 0.6) is 5.75 Å². The van der Waals surface area contributed by atoms with Gasteiger partial charge < -0.3 is 4.74 Å². The lowest BCUT2D eigenvalue weighted by atomic mass is 10.0. The summed E-state index contributed by atoms with van der Waals surface area (Å²) in [5, 5.41) is 0. The first-order valence-corrected chi connectivity index (χ1v) is 6.25. The van der Waals surface area contributed by atoms with Gasteiger partial charge in [0.15, 0.2) is 0 Å². The zero-order valence-electron chi connectivity index (χ0n) is 10.8. The molecule has 0 bridgehead atoms. The minimum absolute atomic E-state index is 0.410. The van der Waals surface area contributed by atoms with Gasteiger partial charge in [0.2, 0.25) is 0 Å². The Balaban J connectivity index is 2.14. The Bertz CT molecular complexity index is 684. The van der Waals surface area contributed by atoms with Gasteiger partial charge in [0.05, 0.1) is 0 Å². The molecule has 1 aliphatic carbocycles. The van der Waals surface area contributed by atoms with Crippen LogP contribution < -0.4 is 4.74 Å². The van der Waals surface area contributed by atoms with Crippen molar-refractivity contribution in [3.8, 4) is 16.9 Å². The Labute approximate surface area is 112 Å². The second-order valence-corrected chi connectivity index (χ2v) is 4.70. The predicted octanol–water partition coefficient (Wildman–Crippen LogP) is 3.66. The van der Waals surface area contributed by atoms with Gasteiger partial charge in [-0.15, -0.1) is 0 Å². The fourth-order valence-electron chi connectivity index (χ4n) is 2.58. The zero-order chi connectivity index (χ0) is 13.4. The molecule has 1 aliphatic rings. The maximum atomic E-state index is 11.5. The molecule has 0 heterocycles. The van der Waals surface area contributed by atoms with Crippen LogP contribution in [0.25, 0.3) is 11.1 Å². The minimum Gasteiger partial charge on any atom is -0.423 e. The van der Waals surface area contributed by atoms with Crippen molar-refractivity contribution in [1.29, 1.82) is 0 Å². The molecule has 0 amide bonds. The van der Waals surface area contributed by atoms with Gasteiger partial charge in [-0.1, -0.05) is 43.0 Å². The third-order valence-corrected chi connectivity index (χ3v) is 3.50. The Hall–Kier alpha value is -2.35. The normalized spacial score (nSPS) is 11.6. The summed E-state index contributed by atoms with van der Waals surface area (Å²) in [5.74, 6) is 0.269. The fourth-order valence-corrected chi connectivity index (χ4v) is 2.58. The van der Waals surface area contributed by atoms with E-state index >= 15 is 0 Å². The molecule has 0 atom stereocenters. The number of rotatable bonds is 2. The Morgan fingerprint density at radius 3 is 2.79 bits per heavy atom. The summed E-state index contributed by atoms with van der Waals surface area (Å²) in [4.78, 5) is 11.5. The van der Waals surface area contributed by atoms with E-state index in [1.54, 1.807) is 0 Å². The van der Waals surface area contributed by atoms with Crippen LogP contribution >= 0.6 is 0 Å². The first-order valence-electron chi connectivity index (χ1n) is 6.25. The molecular weight excluding hydrogens is 236 g/mol. The third-order valence-electron chi connectivity index (χ3n) is 3.50. The van der Waals surface area contributed by atoms with E-state index in [1.165, 1.54) is 17.2 Å². The molecule has 0 aliphatic heterocycles. The number of aryl methyl sites for hydroxylation is 1. The van der Waals surface area contributed by atoms with Gasteiger partial charge in [0, 0.05) is 18.1 Å². The average Bonchev–Trinajstić information content (AvgIpc) is 2.80. The molecule has 19 heavy (non-hydrogen) atoms. The molecule has 2 aromatic carbocycles. The SMILES string of the molecule is C=CC(=O)Oc1c(C)ccc2c1Cc1ccccc1-2. The van der Waals surface area contributed by atoms with Gasteiger partial charge in [0.1, 0.15) is 5.75 Å². The zero-order valence-corrected chi connectivity index (χ0v) is 10.8. The summed E-state index contributed by atoms with van der Waals surface area (Å²) in [6.07, 6.45) is 2.01. The molecular formula is C17H14O2. The molecule has 0 fully saturated rings. The summed E-state index contributed by atoms with van der Waals surface area (Å²) >= 11 is 0. The van der Waals surface area contributed by atoms with E-state index in [0.29, 0.717) is 5.75 Å². The Morgan fingerprint density at radius 2 is 2.00 bits per heavy atom. The van der Waals surface area contributed by atoms with Gasteiger partial charge in [-0.25, -0.2) is 4.79 Å². The quantitative estimate of drug-likeness (QED) is 0.394. The van der Waals surface area contributed by atoms with Crippen molar-refractivity contribution in [1.82, 2.24) is 0 Å². The van der Waals surface area contributed by atoms with Crippen LogP contribution in [0, 0.1) is 6.92 Å². The molecule has 0 unspecified atom stereocenters. The number of carbonyl (C=O) groups is 1. The molecule has 3 rings (SSSR count). The van der Waals surface area contributed by atoms with Gasteiger partial charge in [-0.2, -0.15) is 0 Å². The van der Waals surface area contributed by atoms with Crippen LogP contribution in [-0.2, 0) is 11.2 Å². The van der Waals surface area contributed by atoms with Crippen LogP contribution in [-0.4, -0.2) is 5.97 Å². The minimum atomic E-state index is -0.410. The fraction of sp³-hybridized carbons (Fsp3) is 0.118. The third kappa shape index (κ3) is 1.85. The van der Waals surface area contributed by atoms with Crippen molar-refractivity contribution in [2.75, 3.05) is 0 Å². The van der Waals surface area contributed by atoms with Crippen LogP contribution in [0.4, 0.5) is 0 Å². The summed E-state index contributed by atoms with van der Waals surface area (Å²) in [6, 6.07) is 12.4. The lowest BCUT2D eigenvalue weighted by molar-refractivity contribution is -0.129. The largest absolute Gasteiger partial charge is 0.423 e. The van der Waals surface area contributed by atoms with Gasteiger partial charge >= 0.3 is 5.97 Å². The van der Waals surface area contributed by atoms with Crippen molar-refractivity contribution in [2.24, 2.45) is 0 Å². The number of hydrogen-bond acceptors (Lipinski definition) is 2. The standard InChI is InChI=1S/C17H14O2/c1-3-16(18)19-17-11(2)8-9-14-13-7-5-4-6-12(13)10-15(14)17/h3-9H,1,10H2,2H3. The van der Waals surface area contributed by atoms with E-state index in [9.17, 15) is 4.79 Å². The Morgan fingerprint density at radius 1 is 1.21 bits per heavy atom. The molecule has 2 nitrogen and oxygen atoms in total. The highest BCUT2D eigenvalue weighted by Crippen LogP contribution is 2.42. The van der Waals surface area contributed by atoms with Crippen LogP contribution in [0.2, 0.25) is 0 Å². The molecule has 0 saturated carbocycles. The van der Waals surface area contributed by atoms with Crippen molar-refractivity contribution < 1.29 is 9.53 Å². The number of ether oxygens (including phenoxy) is 1. The first kappa shape index (κ1) is 11.7. The second kappa shape index (κ2) is 4.39. The maximum Gasteiger partial charge on any atom is 0.335 e. The summed E-state index contributed by atoms with van der Waals surface area (Å²) in [6.45, 7) is 5.40. The molecule has 0 aromatic heterocycles. The first-order chi connectivity index (χ1) is 9.20. The molecule has 0 saturated heterocycles. The summed E-state index contributed by atoms with van der Waals surface area (Å²) in [5.41, 5.74) is 5.73. The highest BCUT2D eigenvalue weighted by Gasteiger charge is 2.23. The number of esters is 1. The Kier molecular flexibility index (Phi) is 2.71. The van der Waals surface area contributed by atoms with E-state index in [4.69, 9.17) is 4.74 Å². The van der Waals surface area contributed by atoms with Gasteiger partial charge in [-0.05, 0) is 29.2 Å². The van der Waals surface area contributed by atoms with E-state index in [2.05, 4.69) is 24.8 Å². The van der Waals surface area contributed by atoms with Crippen molar-refractivity contribution in [3.05, 3.63) is 65.7 Å². The molecule has 0 spiro atoms. The molecule has 0 radical (unpaired) electrons. The van der Waals surface area contributed by atoms with Gasteiger partial charge in [-0.3, -0.25) is 0 Å². The monoisotopic (exact) mass is 250 g/mol. The summed E-state index contributed by atoms with van der Waals surface area (Å²) < 4.78 is 5.41. The second-order valence-electron chi connectivity index (χ2n) is 4.70. The van der Waals surface area contributed by atoms with Gasteiger partial charge in [0.25, 0.3) is 0 Å². The maximum absolute atomic E-state index is 11.5. The molecule has 0 N–H and O–H groups in total. The van der Waals surface area contributed by atoms with E-state index in [1.807, 2.05) is 25.1 Å². The van der Waals surface area contributed by atoms with Crippen molar-refractivity contribution >= 4 is 5.97 Å². The van der Waals surface area contributed by atoms with Crippen LogP contribution in [0.3, 0.4) is 0 Å². The molecule has 2 heteroatoms. The van der Waals surface area contributed by atoms with Crippen LogP contribution in [0.1, 0.15) is 16.7 Å². The van der Waals surface area contributed by atoms with Crippen molar-refractivity contribution in [2.45, 2.75) is 13.3 Å². The number of benzene rings is 2. The number of fused-ring (bicyclic) bond motifs is 3. The molecule has 94 valence electrons.